The van der Waals surface area contributed by atoms with Crippen molar-refractivity contribution in [3.8, 4) is 5.75 Å². The van der Waals surface area contributed by atoms with Gasteiger partial charge in [0.05, 0.1) is 19.3 Å². The molecular formula is C22H27N3O4. The van der Waals surface area contributed by atoms with Gasteiger partial charge in [0.2, 0.25) is 5.91 Å². The Bertz CT molecular complexity index is 834. The molecule has 1 aliphatic rings. The van der Waals surface area contributed by atoms with E-state index in [0.29, 0.717) is 24.4 Å². The lowest BCUT2D eigenvalue weighted by Gasteiger charge is -2.12. The van der Waals surface area contributed by atoms with Crippen molar-refractivity contribution >= 4 is 23.2 Å². The Morgan fingerprint density at radius 3 is 2.76 bits per heavy atom. The number of rotatable bonds is 9. The summed E-state index contributed by atoms with van der Waals surface area (Å²) in [5.41, 5.74) is 1.87. The standard InChI is InChI=1S/C22H27N3O4/c1-2-28-19-9-4-7-17(13-19)23-15-21(26)25-18-8-3-6-16(12-18)22(27)24-14-20-10-5-11-29-20/h3-4,6-9,12-13,20,23H,2,5,10-11,14-15H2,1H3,(H,24,27)(H,25,26). The lowest BCUT2D eigenvalue weighted by molar-refractivity contribution is -0.114. The Labute approximate surface area is 170 Å². The normalized spacial score (nSPS) is 15.6. The number of nitrogens with one attached hydrogen (secondary N) is 3. The van der Waals surface area contributed by atoms with Gasteiger partial charge in [0.15, 0.2) is 0 Å². The maximum Gasteiger partial charge on any atom is 0.251 e. The molecule has 3 N–H and O–H groups in total. The van der Waals surface area contributed by atoms with Gasteiger partial charge < -0.3 is 25.4 Å². The van der Waals surface area contributed by atoms with E-state index in [1.54, 1.807) is 24.3 Å². The number of hydrogen-bond donors (Lipinski definition) is 3. The maximum absolute atomic E-state index is 12.3. The van der Waals surface area contributed by atoms with E-state index < -0.39 is 0 Å². The second-order valence-corrected chi connectivity index (χ2v) is 6.79. The molecule has 1 heterocycles. The second kappa shape index (κ2) is 10.5. The van der Waals surface area contributed by atoms with Crippen LogP contribution in [0.1, 0.15) is 30.1 Å². The average molecular weight is 397 g/mol. The van der Waals surface area contributed by atoms with Crippen molar-refractivity contribution in [3.05, 3.63) is 54.1 Å². The minimum absolute atomic E-state index is 0.0918. The molecule has 2 aromatic carbocycles. The molecular weight excluding hydrogens is 370 g/mol. The molecule has 3 rings (SSSR count). The van der Waals surface area contributed by atoms with Crippen LogP contribution in [0, 0.1) is 0 Å². The number of benzene rings is 2. The van der Waals surface area contributed by atoms with Crippen LogP contribution in [-0.2, 0) is 9.53 Å². The fourth-order valence-electron chi connectivity index (χ4n) is 3.10. The molecule has 1 unspecified atom stereocenters. The molecule has 154 valence electrons. The predicted octanol–water partition coefficient (Wildman–Crippen LogP) is 3.04. The summed E-state index contributed by atoms with van der Waals surface area (Å²) >= 11 is 0. The predicted molar refractivity (Wildman–Crippen MR) is 112 cm³/mol. The number of carbonyl (C=O) groups excluding carboxylic acids is 2. The fraction of sp³-hybridized carbons (Fsp3) is 0.364. The van der Waals surface area contributed by atoms with Gasteiger partial charge >= 0.3 is 0 Å². The van der Waals surface area contributed by atoms with Crippen LogP contribution in [0.2, 0.25) is 0 Å². The highest BCUT2D eigenvalue weighted by Gasteiger charge is 2.16. The highest BCUT2D eigenvalue weighted by atomic mass is 16.5. The minimum atomic E-state index is -0.205. The molecule has 0 saturated carbocycles. The monoisotopic (exact) mass is 397 g/mol. The summed E-state index contributed by atoms with van der Waals surface area (Å²) in [6.45, 7) is 3.86. The van der Waals surface area contributed by atoms with Gasteiger partial charge in [-0.2, -0.15) is 0 Å². The quantitative estimate of drug-likeness (QED) is 0.605. The molecule has 1 fully saturated rings. The van der Waals surface area contributed by atoms with Gasteiger partial charge in [0, 0.05) is 36.2 Å². The maximum atomic E-state index is 12.3. The first-order chi connectivity index (χ1) is 14.1. The van der Waals surface area contributed by atoms with Crippen molar-refractivity contribution in [3.63, 3.8) is 0 Å². The van der Waals surface area contributed by atoms with Gasteiger partial charge in [-0.1, -0.05) is 12.1 Å². The van der Waals surface area contributed by atoms with Crippen molar-refractivity contribution in [2.24, 2.45) is 0 Å². The summed E-state index contributed by atoms with van der Waals surface area (Å²) in [6, 6.07) is 14.3. The van der Waals surface area contributed by atoms with Crippen LogP contribution in [0.3, 0.4) is 0 Å². The Kier molecular flexibility index (Phi) is 7.47. The summed E-state index contributed by atoms with van der Waals surface area (Å²) in [5.74, 6) is 0.366. The number of amides is 2. The van der Waals surface area contributed by atoms with Crippen molar-refractivity contribution in [2.75, 3.05) is 36.9 Å². The molecule has 2 aromatic rings. The number of carbonyl (C=O) groups is 2. The Hall–Kier alpha value is -3.06. The van der Waals surface area contributed by atoms with E-state index in [2.05, 4.69) is 16.0 Å². The third-order valence-corrected chi connectivity index (χ3v) is 4.52. The zero-order valence-corrected chi connectivity index (χ0v) is 16.6. The number of ether oxygens (including phenoxy) is 2. The second-order valence-electron chi connectivity index (χ2n) is 6.79. The third-order valence-electron chi connectivity index (χ3n) is 4.52. The van der Waals surface area contributed by atoms with Gasteiger partial charge in [-0.05, 0) is 50.1 Å². The van der Waals surface area contributed by atoms with Gasteiger partial charge in [0.25, 0.3) is 5.91 Å². The summed E-state index contributed by atoms with van der Waals surface area (Å²) < 4.78 is 11.0. The van der Waals surface area contributed by atoms with Gasteiger partial charge in [-0.25, -0.2) is 0 Å². The largest absolute Gasteiger partial charge is 0.494 e. The Morgan fingerprint density at radius 1 is 1.14 bits per heavy atom. The van der Waals surface area contributed by atoms with Crippen molar-refractivity contribution in [2.45, 2.75) is 25.9 Å². The molecule has 0 spiro atoms. The van der Waals surface area contributed by atoms with Crippen LogP contribution in [0.15, 0.2) is 48.5 Å². The van der Waals surface area contributed by atoms with Gasteiger partial charge in [-0.15, -0.1) is 0 Å². The zero-order chi connectivity index (χ0) is 20.5. The summed E-state index contributed by atoms with van der Waals surface area (Å²) in [5, 5.41) is 8.76. The van der Waals surface area contributed by atoms with Crippen LogP contribution in [-0.4, -0.2) is 44.2 Å². The molecule has 2 amide bonds. The molecule has 1 atom stereocenters. The molecule has 1 aliphatic heterocycles. The van der Waals surface area contributed by atoms with E-state index in [4.69, 9.17) is 9.47 Å². The van der Waals surface area contributed by atoms with Crippen molar-refractivity contribution in [1.29, 1.82) is 0 Å². The summed E-state index contributed by atoms with van der Waals surface area (Å²) in [4.78, 5) is 24.6. The van der Waals surface area contributed by atoms with Crippen LogP contribution in [0.5, 0.6) is 5.75 Å². The molecule has 7 heteroatoms. The molecule has 0 aromatic heterocycles. The SMILES string of the molecule is CCOc1cccc(NCC(=O)Nc2cccc(C(=O)NCC3CCCO3)c2)c1. The first kappa shape index (κ1) is 20.7. The molecule has 1 saturated heterocycles. The lowest BCUT2D eigenvalue weighted by Crippen LogP contribution is -2.31. The van der Waals surface area contributed by atoms with Gasteiger partial charge in [0.1, 0.15) is 5.75 Å². The van der Waals surface area contributed by atoms with Crippen LogP contribution < -0.4 is 20.7 Å². The van der Waals surface area contributed by atoms with E-state index in [0.717, 1.165) is 30.9 Å². The van der Waals surface area contributed by atoms with E-state index >= 15 is 0 Å². The highest BCUT2D eigenvalue weighted by Crippen LogP contribution is 2.17. The van der Waals surface area contributed by atoms with Crippen molar-refractivity contribution in [1.82, 2.24) is 5.32 Å². The molecule has 0 aliphatic carbocycles. The van der Waals surface area contributed by atoms with Crippen LogP contribution >= 0.6 is 0 Å². The third kappa shape index (κ3) is 6.50. The smallest absolute Gasteiger partial charge is 0.251 e. The summed E-state index contributed by atoms with van der Waals surface area (Å²) in [6.07, 6.45) is 2.09. The number of anilines is 2. The lowest BCUT2D eigenvalue weighted by atomic mass is 10.1. The summed E-state index contributed by atoms with van der Waals surface area (Å²) in [7, 11) is 0. The zero-order valence-electron chi connectivity index (χ0n) is 16.6. The minimum Gasteiger partial charge on any atom is -0.494 e. The van der Waals surface area contributed by atoms with Crippen molar-refractivity contribution < 1.29 is 19.1 Å². The molecule has 7 nitrogen and oxygen atoms in total. The Morgan fingerprint density at radius 2 is 1.97 bits per heavy atom. The Balaban J connectivity index is 1.49. The number of hydrogen-bond acceptors (Lipinski definition) is 5. The molecule has 0 bridgehead atoms. The topological polar surface area (TPSA) is 88.7 Å². The van der Waals surface area contributed by atoms with Crippen LogP contribution in [0.25, 0.3) is 0 Å². The van der Waals surface area contributed by atoms with Crippen LogP contribution in [0.4, 0.5) is 11.4 Å². The first-order valence-corrected chi connectivity index (χ1v) is 9.90. The van der Waals surface area contributed by atoms with E-state index in [1.165, 1.54) is 0 Å². The first-order valence-electron chi connectivity index (χ1n) is 9.90. The average Bonchev–Trinajstić information content (AvgIpc) is 3.25. The van der Waals surface area contributed by atoms with E-state index in [-0.39, 0.29) is 24.5 Å². The highest BCUT2D eigenvalue weighted by molar-refractivity contribution is 5.98. The van der Waals surface area contributed by atoms with Gasteiger partial charge in [-0.3, -0.25) is 9.59 Å². The van der Waals surface area contributed by atoms with E-state index in [1.807, 2.05) is 31.2 Å². The fourth-order valence-corrected chi connectivity index (χ4v) is 3.10. The molecule has 29 heavy (non-hydrogen) atoms. The van der Waals surface area contributed by atoms with E-state index in [9.17, 15) is 9.59 Å². The molecule has 0 radical (unpaired) electrons.